The highest BCUT2D eigenvalue weighted by Crippen LogP contribution is 2.38. The summed E-state index contributed by atoms with van der Waals surface area (Å²) in [5.41, 5.74) is 0.304. The van der Waals surface area contributed by atoms with Crippen molar-refractivity contribution >= 4 is 28.3 Å². The first-order valence-corrected chi connectivity index (χ1v) is 10.6. The van der Waals surface area contributed by atoms with Crippen molar-refractivity contribution in [1.82, 2.24) is 10.2 Å². The molecule has 3 rings (SSSR count). The van der Waals surface area contributed by atoms with Crippen LogP contribution in [0.15, 0.2) is 17.5 Å². The second-order valence-electron chi connectivity index (χ2n) is 8.79. The molecule has 1 saturated carbocycles. The average molecular weight is 378 g/mol. The molecule has 0 spiro atoms. The molecule has 2 aliphatic rings. The van der Waals surface area contributed by atoms with Crippen LogP contribution in [0.3, 0.4) is 0 Å². The minimum Gasteiger partial charge on any atom is -0.353 e. The first-order valence-electron chi connectivity index (χ1n) is 9.72. The van der Waals surface area contributed by atoms with Crippen LogP contribution in [0.1, 0.15) is 52.9 Å². The Morgan fingerprint density at radius 1 is 1.23 bits per heavy atom. The number of amides is 3. The largest absolute Gasteiger partial charge is 0.353 e. The Morgan fingerprint density at radius 3 is 2.58 bits per heavy atom. The third kappa shape index (κ3) is 5.00. The van der Waals surface area contributed by atoms with Crippen LogP contribution in [0.25, 0.3) is 0 Å². The first kappa shape index (κ1) is 19.2. The fourth-order valence-corrected chi connectivity index (χ4v) is 5.26. The van der Waals surface area contributed by atoms with Gasteiger partial charge in [-0.3, -0.25) is 10.1 Å². The molecule has 0 aromatic carbocycles. The van der Waals surface area contributed by atoms with Crippen LogP contribution in [-0.2, 0) is 4.79 Å². The van der Waals surface area contributed by atoms with Gasteiger partial charge in [-0.1, -0.05) is 20.8 Å². The number of likely N-dealkylation sites (tertiary alicyclic amines) is 1. The maximum absolute atomic E-state index is 12.7. The number of nitrogens with zero attached hydrogens (tertiary/aromatic N) is 1. The van der Waals surface area contributed by atoms with Gasteiger partial charge in [-0.25, -0.2) is 4.79 Å². The molecule has 26 heavy (non-hydrogen) atoms. The second-order valence-corrected chi connectivity index (χ2v) is 9.74. The second kappa shape index (κ2) is 7.99. The molecule has 2 N–H and O–H groups in total. The Hall–Kier alpha value is -1.56. The molecule has 1 aromatic rings. The smallest absolute Gasteiger partial charge is 0.322 e. The normalized spacial score (nSPS) is 26.3. The van der Waals surface area contributed by atoms with Crippen LogP contribution in [0.4, 0.5) is 9.80 Å². The average Bonchev–Trinajstić information content (AvgIpc) is 3.06. The standard InChI is InChI=1S/C20H31N3O2S/c1-14-11-16(13-20(2,3)12-14)21-18(24)15-6-8-23(9-7-15)19(25)22-17-5-4-10-26-17/h4-5,10,14-16H,6-9,11-13H2,1-3H3,(H,21,24)(H,22,25). The zero-order valence-electron chi connectivity index (χ0n) is 16.1. The molecule has 5 nitrogen and oxygen atoms in total. The highest BCUT2D eigenvalue weighted by molar-refractivity contribution is 7.14. The van der Waals surface area contributed by atoms with Crippen molar-refractivity contribution in [2.24, 2.45) is 17.3 Å². The zero-order valence-corrected chi connectivity index (χ0v) is 16.9. The minimum atomic E-state index is -0.0610. The summed E-state index contributed by atoms with van der Waals surface area (Å²) in [7, 11) is 0. The highest BCUT2D eigenvalue weighted by atomic mass is 32.1. The SMILES string of the molecule is CC1CC(NC(=O)C2CCN(C(=O)Nc3cccs3)CC2)CC(C)(C)C1. The molecule has 6 heteroatoms. The Balaban J connectivity index is 1.45. The molecule has 1 aliphatic heterocycles. The molecule has 0 bridgehead atoms. The van der Waals surface area contributed by atoms with Crippen LogP contribution < -0.4 is 10.6 Å². The summed E-state index contributed by atoms with van der Waals surface area (Å²) >= 11 is 1.52. The summed E-state index contributed by atoms with van der Waals surface area (Å²) in [4.78, 5) is 26.8. The van der Waals surface area contributed by atoms with Gasteiger partial charge in [0.2, 0.25) is 5.91 Å². The molecule has 144 valence electrons. The van der Waals surface area contributed by atoms with E-state index in [0.29, 0.717) is 30.5 Å². The number of hydrogen-bond donors (Lipinski definition) is 2. The number of anilines is 1. The number of thiophene rings is 1. The van der Waals surface area contributed by atoms with Gasteiger partial charge >= 0.3 is 6.03 Å². The topological polar surface area (TPSA) is 61.4 Å². The lowest BCUT2D eigenvalue weighted by atomic mass is 9.70. The lowest BCUT2D eigenvalue weighted by Crippen LogP contribution is -2.48. The van der Waals surface area contributed by atoms with Gasteiger partial charge < -0.3 is 10.2 Å². The van der Waals surface area contributed by atoms with Crippen LogP contribution >= 0.6 is 11.3 Å². The number of rotatable bonds is 3. The van der Waals surface area contributed by atoms with Gasteiger partial charge in [-0.05, 0) is 60.9 Å². The van der Waals surface area contributed by atoms with Crippen molar-refractivity contribution < 1.29 is 9.59 Å². The van der Waals surface area contributed by atoms with Gasteiger partial charge in [-0.2, -0.15) is 0 Å². The van der Waals surface area contributed by atoms with Crippen LogP contribution in [0.5, 0.6) is 0 Å². The molecular formula is C20H31N3O2S. The first-order chi connectivity index (χ1) is 12.3. The van der Waals surface area contributed by atoms with Crippen molar-refractivity contribution in [3.8, 4) is 0 Å². The van der Waals surface area contributed by atoms with E-state index in [0.717, 1.165) is 30.7 Å². The van der Waals surface area contributed by atoms with Gasteiger partial charge in [0.25, 0.3) is 0 Å². The van der Waals surface area contributed by atoms with E-state index in [1.807, 2.05) is 22.4 Å². The van der Waals surface area contributed by atoms with E-state index in [4.69, 9.17) is 0 Å². The van der Waals surface area contributed by atoms with Gasteiger partial charge in [0.15, 0.2) is 0 Å². The molecule has 0 radical (unpaired) electrons. The van der Waals surface area contributed by atoms with Crippen molar-refractivity contribution in [2.45, 2.75) is 58.9 Å². The molecular weight excluding hydrogens is 346 g/mol. The molecule has 2 atom stereocenters. The Labute approximate surface area is 160 Å². The summed E-state index contributed by atoms with van der Waals surface area (Å²) < 4.78 is 0. The molecule has 3 amide bonds. The fourth-order valence-electron chi connectivity index (χ4n) is 4.65. The summed E-state index contributed by atoms with van der Waals surface area (Å²) in [6.07, 6.45) is 4.87. The highest BCUT2D eigenvalue weighted by Gasteiger charge is 2.34. The van der Waals surface area contributed by atoms with E-state index >= 15 is 0 Å². The fraction of sp³-hybridized carbons (Fsp3) is 0.700. The molecule has 1 saturated heterocycles. The van der Waals surface area contributed by atoms with Crippen LogP contribution in [-0.4, -0.2) is 36.0 Å². The third-order valence-corrected chi connectivity index (χ3v) is 6.42. The predicted octanol–water partition coefficient (Wildman–Crippen LogP) is 4.32. The van der Waals surface area contributed by atoms with Crippen molar-refractivity contribution in [2.75, 3.05) is 18.4 Å². The van der Waals surface area contributed by atoms with Crippen molar-refractivity contribution in [1.29, 1.82) is 0 Å². The molecule has 2 fully saturated rings. The van der Waals surface area contributed by atoms with Crippen LogP contribution in [0, 0.1) is 17.3 Å². The number of piperidine rings is 1. The quantitative estimate of drug-likeness (QED) is 0.824. The molecule has 1 aromatic heterocycles. The van der Waals surface area contributed by atoms with E-state index in [1.165, 1.54) is 17.8 Å². The van der Waals surface area contributed by atoms with Crippen LogP contribution in [0.2, 0.25) is 0 Å². The lowest BCUT2D eigenvalue weighted by molar-refractivity contribution is -0.127. The number of nitrogens with one attached hydrogen (secondary N) is 2. The molecule has 1 aliphatic carbocycles. The van der Waals surface area contributed by atoms with E-state index < -0.39 is 0 Å². The molecule has 2 unspecified atom stereocenters. The maximum atomic E-state index is 12.7. The lowest BCUT2D eigenvalue weighted by Gasteiger charge is -2.40. The third-order valence-electron chi connectivity index (χ3n) is 5.64. The minimum absolute atomic E-state index is 0.0288. The van der Waals surface area contributed by atoms with E-state index in [2.05, 4.69) is 31.4 Å². The van der Waals surface area contributed by atoms with E-state index in [1.54, 1.807) is 0 Å². The zero-order chi connectivity index (χ0) is 18.7. The summed E-state index contributed by atoms with van der Waals surface area (Å²) in [5.74, 6) is 0.867. The Bertz CT molecular complexity index is 621. The molecule has 2 heterocycles. The Morgan fingerprint density at radius 2 is 1.96 bits per heavy atom. The van der Waals surface area contributed by atoms with E-state index in [-0.39, 0.29) is 17.9 Å². The predicted molar refractivity (Wildman–Crippen MR) is 106 cm³/mol. The maximum Gasteiger partial charge on any atom is 0.322 e. The van der Waals surface area contributed by atoms with Gasteiger partial charge in [0.05, 0.1) is 5.00 Å². The number of carbonyl (C=O) groups excluding carboxylic acids is 2. The Kier molecular flexibility index (Phi) is 5.90. The summed E-state index contributed by atoms with van der Waals surface area (Å²) in [5, 5.41) is 9.03. The summed E-state index contributed by atoms with van der Waals surface area (Å²) in [6, 6.07) is 4.05. The number of urea groups is 1. The number of carbonyl (C=O) groups is 2. The van der Waals surface area contributed by atoms with E-state index in [9.17, 15) is 9.59 Å². The number of hydrogen-bond acceptors (Lipinski definition) is 3. The van der Waals surface area contributed by atoms with Gasteiger partial charge in [0.1, 0.15) is 0 Å². The van der Waals surface area contributed by atoms with Gasteiger partial charge in [-0.15, -0.1) is 11.3 Å². The summed E-state index contributed by atoms with van der Waals surface area (Å²) in [6.45, 7) is 8.16. The van der Waals surface area contributed by atoms with Crippen molar-refractivity contribution in [3.05, 3.63) is 17.5 Å². The van der Waals surface area contributed by atoms with Crippen molar-refractivity contribution in [3.63, 3.8) is 0 Å². The monoisotopic (exact) mass is 377 g/mol. The van der Waals surface area contributed by atoms with Gasteiger partial charge in [0, 0.05) is 25.0 Å².